The lowest BCUT2D eigenvalue weighted by atomic mass is 10.2. The molecule has 3 rings (SSSR count). The highest BCUT2D eigenvalue weighted by molar-refractivity contribution is 7.99. The van der Waals surface area contributed by atoms with Crippen LogP contribution in [0.3, 0.4) is 0 Å². The summed E-state index contributed by atoms with van der Waals surface area (Å²) in [5, 5.41) is 34.0. The Bertz CT molecular complexity index is 913. The molecule has 1 aromatic heterocycles. The number of rotatable bonds is 5. The van der Waals surface area contributed by atoms with Gasteiger partial charge in [0.1, 0.15) is 0 Å². The van der Waals surface area contributed by atoms with E-state index in [0.717, 1.165) is 17.8 Å². The number of hydrogen-bond acceptors (Lipinski definition) is 8. The molecule has 9 nitrogen and oxygen atoms in total. The molecule has 24 heavy (non-hydrogen) atoms. The topological polar surface area (TPSA) is 127 Å². The lowest BCUT2D eigenvalue weighted by molar-refractivity contribution is -0.387. The number of nitrogens with zero attached hydrogens (tertiary/aromatic N) is 5. The zero-order valence-electron chi connectivity index (χ0n) is 11.9. The average Bonchev–Trinajstić information content (AvgIpc) is 3.04. The van der Waals surface area contributed by atoms with E-state index < -0.39 is 10.9 Å². The first-order valence-corrected chi connectivity index (χ1v) is 7.39. The van der Waals surface area contributed by atoms with Gasteiger partial charge in [-0.05, 0) is 35.2 Å². The number of carboxylic acids is 1. The van der Waals surface area contributed by atoms with Gasteiger partial charge in [-0.1, -0.05) is 24.3 Å². The third kappa shape index (κ3) is 3.22. The molecule has 0 unspecified atom stereocenters. The Hall–Kier alpha value is -3.27. The maximum atomic E-state index is 11.1. The van der Waals surface area contributed by atoms with E-state index in [-0.39, 0.29) is 21.3 Å². The highest BCUT2D eigenvalue weighted by Gasteiger charge is 2.18. The first-order chi connectivity index (χ1) is 11.5. The minimum atomic E-state index is -1.48. The van der Waals surface area contributed by atoms with Gasteiger partial charge in [-0.2, -0.15) is 0 Å². The molecule has 0 spiro atoms. The molecule has 0 bridgehead atoms. The van der Waals surface area contributed by atoms with Crippen LogP contribution in [0.4, 0.5) is 5.69 Å². The number of nitro benzene ring substituents is 1. The summed E-state index contributed by atoms with van der Waals surface area (Å²) in [7, 11) is 0. The summed E-state index contributed by atoms with van der Waals surface area (Å²) in [6.45, 7) is 0. The van der Waals surface area contributed by atoms with Crippen molar-refractivity contribution >= 4 is 23.4 Å². The molecular weight excluding hydrogens is 334 g/mol. The molecule has 0 aliphatic heterocycles. The predicted octanol–water partition coefficient (Wildman–Crippen LogP) is 1.09. The standard InChI is InChI=1S/C14H9N5O4S/c20-13(21)9-6-7-12(11(8-9)19(22)23)24-14-15-17-18(16-14)10-4-2-1-3-5-10/h1-8H,(H,20,21)/p-1. The lowest BCUT2D eigenvalue weighted by Crippen LogP contribution is -2.22. The van der Waals surface area contributed by atoms with Crippen molar-refractivity contribution in [2.75, 3.05) is 0 Å². The third-order valence-corrected chi connectivity index (χ3v) is 3.89. The molecule has 0 saturated heterocycles. The van der Waals surface area contributed by atoms with Crippen LogP contribution >= 0.6 is 11.8 Å². The molecule has 0 fully saturated rings. The van der Waals surface area contributed by atoms with Gasteiger partial charge in [-0.15, -0.1) is 15.0 Å². The van der Waals surface area contributed by atoms with Crippen LogP contribution in [-0.4, -0.2) is 31.1 Å². The van der Waals surface area contributed by atoms with Gasteiger partial charge in [0, 0.05) is 11.6 Å². The van der Waals surface area contributed by atoms with Gasteiger partial charge in [0.25, 0.3) is 5.69 Å². The van der Waals surface area contributed by atoms with Crippen molar-refractivity contribution in [2.45, 2.75) is 10.1 Å². The minimum Gasteiger partial charge on any atom is -0.545 e. The molecule has 0 amide bonds. The molecule has 0 saturated carbocycles. The first kappa shape index (κ1) is 15.6. The largest absolute Gasteiger partial charge is 0.545 e. The molecule has 120 valence electrons. The highest BCUT2D eigenvalue weighted by Crippen LogP contribution is 2.33. The second-order valence-electron chi connectivity index (χ2n) is 4.53. The third-order valence-electron chi connectivity index (χ3n) is 2.97. The van der Waals surface area contributed by atoms with Gasteiger partial charge >= 0.3 is 0 Å². The number of aromatic carboxylic acids is 1. The summed E-state index contributed by atoms with van der Waals surface area (Å²) in [6.07, 6.45) is 0. The Morgan fingerprint density at radius 1 is 1.17 bits per heavy atom. The molecule has 0 aliphatic carbocycles. The van der Waals surface area contributed by atoms with E-state index in [4.69, 9.17) is 0 Å². The monoisotopic (exact) mass is 342 g/mol. The van der Waals surface area contributed by atoms with Crippen LogP contribution in [0.5, 0.6) is 0 Å². The van der Waals surface area contributed by atoms with Crippen LogP contribution in [0.25, 0.3) is 5.69 Å². The fourth-order valence-corrected chi connectivity index (χ4v) is 2.65. The number of benzene rings is 2. The van der Waals surface area contributed by atoms with Crippen LogP contribution in [0.15, 0.2) is 58.6 Å². The molecule has 3 aromatic rings. The zero-order chi connectivity index (χ0) is 17.1. The van der Waals surface area contributed by atoms with Crippen molar-refractivity contribution in [3.8, 4) is 5.69 Å². The highest BCUT2D eigenvalue weighted by atomic mass is 32.2. The Morgan fingerprint density at radius 2 is 1.92 bits per heavy atom. The van der Waals surface area contributed by atoms with Crippen LogP contribution < -0.4 is 5.11 Å². The average molecular weight is 342 g/mol. The summed E-state index contributed by atoms with van der Waals surface area (Å²) in [5.41, 5.74) is 0.0587. The fraction of sp³-hybridized carbons (Fsp3) is 0. The lowest BCUT2D eigenvalue weighted by Gasteiger charge is -2.04. The van der Waals surface area contributed by atoms with Gasteiger partial charge < -0.3 is 9.90 Å². The van der Waals surface area contributed by atoms with Gasteiger partial charge in [0.15, 0.2) is 0 Å². The van der Waals surface area contributed by atoms with E-state index in [2.05, 4.69) is 15.4 Å². The number of aromatic nitrogens is 4. The van der Waals surface area contributed by atoms with Crippen molar-refractivity contribution in [2.24, 2.45) is 0 Å². The normalized spacial score (nSPS) is 10.5. The fourth-order valence-electron chi connectivity index (χ4n) is 1.88. The van der Waals surface area contributed by atoms with Gasteiger partial charge in [0.05, 0.1) is 21.5 Å². The number of carbonyl (C=O) groups is 1. The number of tetrazole rings is 1. The molecule has 0 N–H and O–H groups in total. The maximum Gasteiger partial charge on any atom is 0.284 e. The summed E-state index contributed by atoms with van der Waals surface area (Å²) >= 11 is 0.918. The van der Waals surface area contributed by atoms with Crippen molar-refractivity contribution in [1.29, 1.82) is 0 Å². The SMILES string of the molecule is O=C([O-])c1ccc(Sc2nnn(-c3ccccc3)n2)c([N+](=O)[O-])c1. The van der Waals surface area contributed by atoms with Gasteiger partial charge in [-0.25, -0.2) is 0 Å². The predicted molar refractivity (Wildman–Crippen MR) is 80.7 cm³/mol. The molecule has 0 radical (unpaired) electrons. The molecule has 10 heteroatoms. The van der Waals surface area contributed by atoms with Crippen molar-refractivity contribution in [1.82, 2.24) is 20.2 Å². The summed E-state index contributed by atoms with van der Waals surface area (Å²) < 4.78 is 0. The number of para-hydroxylation sites is 1. The Labute approximate surface area is 139 Å². The molecule has 1 heterocycles. The van der Waals surface area contributed by atoms with Crippen LogP contribution in [-0.2, 0) is 0 Å². The number of nitro groups is 1. The van der Waals surface area contributed by atoms with Crippen LogP contribution in [0.1, 0.15) is 10.4 Å². The Kier molecular flexibility index (Phi) is 4.20. The number of hydrogen-bond donors (Lipinski definition) is 0. The van der Waals surface area contributed by atoms with Crippen LogP contribution in [0, 0.1) is 10.1 Å². The van der Waals surface area contributed by atoms with Gasteiger partial charge in [0.2, 0.25) is 5.16 Å². The van der Waals surface area contributed by atoms with E-state index in [1.165, 1.54) is 16.9 Å². The van der Waals surface area contributed by atoms with E-state index in [1.54, 1.807) is 12.1 Å². The van der Waals surface area contributed by atoms with Crippen molar-refractivity contribution in [3.63, 3.8) is 0 Å². The van der Waals surface area contributed by atoms with E-state index >= 15 is 0 Å². The van der Waals surface area contributed by atoms with Crippen LogP contribution in [0.2, 0.25) is 0 Å². The quantitative estimate of drug-likeness (QED) is 0.498. The van der Waals surface area contributed by atoms with E-state index in [0.29, 0.717) is 5.69 Å². The smallest absolute Gasteiger partial charge is 0.284 e. The van der Waals surface area contributed by atoms with Crippen molar-refractivity contribution in [3.05, 3.63) is 64.2 Å². The van der Waals surface area contributed by atoms with Crippen molar-refractivity contribution < 1.29 is 14.8 Å². The zero-order valence-corrected chi connectivity index (χ0v) is 12.7. The molecule has 2 aromatic carbocycles. The summed E-state index contributed by atoms with van der Waals surface area (Å²) in [5.74, 6) is -1.48. The van der Waals surface area contributed by atoms with E-state index in [1.807, 2.05) is 18.2 Å². The Balaban J connectivity index is 1.90. The Morgan fingerprint density at radius 3 is 2.58 bits per heavy atom. The first-order valence-electron chi connectivity index (χ1n) is 6.57. The molecule has 0 atom stereocenters. The second kappa shape index (κ2) is 6.46. The van der Waals surface area contributed by atoms with E-state index in [9.17, 15) is 20.0 Å². The van der Waals surface area contributed by atoms with Gasteiger partial charge in [-0.3, -0.25) is 10.1 Å². The maximum absolute atomic E-state index is 11.1. The second-order valence-corrected chi connectivity index (χ2v) is 5.54. The summed E-state index contributed by atoms with van der Waals surface area (Å²) in [4.78, 5) is 22.8. The molecule has 0 aliphatic rings. The number of carbonyl (C=O) groups excluding carboxylic acids is 1. The minimum absolute atomic E-state index is 0.197. The molecular formula is C14H8N5O4S-. The summed E-state index contributed by atoms with van der Waals surface area (Å²) in [6, 6.07) is 12.5. The number of carboxylic acid groups (broad SMARTS) is 1.